The molecule has 5 heteroatoms. The molecule has 1 N–H and O–H groups in total. The van der Waals surface area contributed by atoms with Gasteiger partial charge in [0.2, 0.25) is 11.8 Å². The van der Waals surface area contributed by atoms with Gasteiger partial charge in [-0.2, -0.15) is 0 Å². The third-order valence-corrected chi connectivity index (χ3v) is 4.02. The highest BCUT2D eigenvalue weighted by Gasteiger charge is 2.12. The van der Waals surface area contributed by atoms with Gasteiger partial charge in [-0.15, -0.1) is 0 Å². The van der Waals surface area contributed by atoms with E-state index in [0.29, 0.717) is 30.0 Å². The third-order valence-electron chi connectivity index (χ3n) is 3.79. The van der Waals surface area contributed by atoms with Crippen LogP contribution < -0.4 is 10.2 Å². The van der Waals surface area contributed by atoms with Crippen molar-refractivity contribution in [3.63, 3.8) is 0 Å². The summed E-state index contributed by atoms with van der Waals surface area (Å²) >= 11 is 5.94. The van der Waals surface area contributed by atoms with Crippen LogP contribution in [0.5, 0.6) is 0 Å². The van der Waals surface area contributed by atoms with Gasteiger partial charge in [-0.25, -0.2) is 0 Å². The van der Waals surface area contributed by atoms with Crippen molar-refractivity contribution < 1.29 is 9.59 Å². The molecule has 2 rings (SSSR count). The second-order valence-corrected chi connectivity index (χ2v) is 6.09. The lowest BCUT2D eigenvalue weighted by atomic mass is 10.1. The van der Waals surface area contributed by atoms with Gasteiger partial charge in [0.1, 0.15) is 0 Å². The zero-order valence-electron chi connectivity index (χ0n) is 13.9. The minimum absolute atomic E-state index is 0.00654. The van der Waals surface area contributed by atoms with Crippen molar-refractivity contribution in [1.82, 2.24) is 0 Å². The van der Waals surface area contributed by atoms with Gasteiger partial charge in [0.25, 0.3) is 0 Å². The summed E-state index contributed by atoms with van der Waals surface area (Å²) < 4.78 is 0. The highest BCUT2D eigenvalue weighted by molar-refractivity contribution is 6.31. The molecule has 0 aliphatic rings. The van der Waals surface area contributed by atoms with Crippen LogP contribution in [0.4, 0.5) is 11.4 Å². The van der Waals surface area contributed by atoms with Crippen molar-refractivity contribution in [2.75, 3.05) is 17.3 Å². The molecule has 2 aromatic rings. The van der Waals surface area contributed by atoms with E-state index >= 15 is 0 Å². The Bertz CT molecular complexity index is 717. The predicted molar refractivity (Wildman–Crippen MR) is 98.5 cm³/mol. The van der Waals surface area contributed by atoms with Crippen molar-refractivity contribution in [3.05, 3.63) is 59.1 Å². The van der Waals surface area contributed by atoms with Gasteiger partial charge < -0.3 is 10.2 Å². The molecular formula is C19H21ClN2O2. The van der Waals surface area contributed by atoms with Gasteiger partial charge >= 0.3 is 0 Å². The number of carbonyl (C=O) groups is 2. The van der Waals surface area contributed by atoms with Crippen molar-refractivity contribution in [2.24, 2.45) is 0 Å². The fourth-order valence-electron chi connectivity index (χ4n) is 2.31. The average molecular weight is 345 g/mol. The Morgan fingerprint density at radius 3 is 2.50 bits per heavy atom. The summed E-state index contributed by atoms with van der Waals surface area (Å²) in [6, 6.07) is 14.8. The number of hydrogen-bond donors (Lipinski definition) is 1. The largest absolute Gasteiger partial charge is 0.326 e. The first kappa shape index (κ1) is 18.0. The highest BCUT2D eigenvalue weighted by atomic mass is 35.5. The Morgan fingerprint density at radius 2 is 1.79 bits per heavy atom. The van der Waals surface area contributed by atoms with Crippen molar-refractivity contribution in [1.29, 1.82) is 0 Å². The molecule has 0 unspecified atom stereocenters. The molecule has 4 nitrogen and oxygen atoms in total. The van der Waals surface area contributed by atoms with Gasteiger partial charge in [-0.1, -0.05) is 35.9 Å². The van der Waals surface area contributed by atoms with E-state index in [9.17, 15) is 9.59 Å². The lowest BCUT2D eigenvalue weighted by molar-refractivity contribution is -0.118. The quantitative estimate of drug-likeness (QED) is 0.843. The van der Waals surface area contributed by atoms with Crippen LogP contribution >= 0.6 is 11.6 Å². The standard InChI is InChI=1S/C19H21ClN2O2/c1-14-11-12-15(20)13-17(14)21-18(23)9-6-10-19(24)22(2)16-7-4-3-5-8-16/h3-5,7-8,11-13H,6,9-10H2,1-2H3,(H,21,23). The van der Waals surface area contributed by atoms with Crippen LogP contribution in [0.25, 0.3) is 0 Å². The number of para-hydroxylation sites is 1. The molecule has 0 heterocycles. The number of hydrogen-bond acceptors (Lipinski definition) is 2. The fraction of sp³-hybridized carbons (Fsp3) is 0.263. The maximum absolute atomic E-state index is 12.2. The van der Waals surface area contributed by atoms with Gasteiger partial charge in [0.05, 0.1) is 0 Å². The number of anilines is 2. The van der Waals surface area contributed by atoms with E-state index < -0.39 is 0 Å². The first-order valence-electron chi connectivity index (χ1n) is 7.85. The predicted octanol–water partition coefficient (Wildman–Crippen LogP) is 4.42. The molecule has 0 bridgehead atoms. The molecule has 0 saturated heterocycles. The van der Waals surface area contributed by atoms with E-state index in [4.69, 9.17) is 11.6 Å². The average Bonchev–Trinajstić information content (AvgIpc) is 2.58. The molecule has 24 heavy (non-hydrogen) atoms. The zero-order chi connectivity index (χ0) is 17.5. The van der Waals surface area contributed by atoms with Gasteiger partial charge in [0.15, 0.2) is 0 Å². The number of nitrogens with zero attached hydrogens (tertiary/aromatic N) is 1. The van der Waals surface area contributed by atoms with E-state index in [2.05, 4.69) is 5.32 Å². The molecule has 0 saturated carbocycles. The summed E-state index contributed by atoms with van der Waals surface area (Å²) in [6.45, 7) is 1.91. The van der Waals surface area contributed by atoms with Gasteiger partial charge in [-0.05, 0) is 43.2 Å². The van der Waals surface area contributed by atoms with Gasteiger partial charge in [-0.3, -0.25) is 9.59 Å². The Kier molecular flexibility index (Phi) is 6.38. The first-order chi connectivity index (χ1) is 11.5. The fourth-order valence-corrected chi connectivity index (χ4v) is 2.48. The van der Waals surface area contributed by atoms with Crippen LogP contribution in [-0.2, 0) is 9.59 Å². The molecule has 2 amide bonds. The molecule has 0 fully saturated rings. The van der Waals surface area contributed by atoms with Crippen molar-refractivity contribution in [3.8, 4) is 0 Å². The molecule has 0 aliphatic carbocycles. The number of aryl methyl sites for hydroxylation is 1. The second-order valence-electron chi connectivity index (χ2n) is 5.65. The summed E-state index contributed by atoms with van der Waals surface area (Å²) in [5.41, 5.74) is 2.51. The molecular weight excluding hydrogens is 324 g/mol. The maximum atomic E-state index is 12.2. The number of rotatable bonds is 6. The molecule has 0 radical (unpaired) electrons. The summed E-state index contributed by atoms with van der Waals surface area (Å²) in [6.07, 6.45) is 1.12. The minimum Gasteiger partial charge on any atom is -0.326 e. The van der Waals surface area contributed by atoms with Crippen LogP contribution in [0.3, 0.4) is 0 Å². The van der Waals surface area contributed by atoms with E-state index in [-0.39, 0.29) is 11.8 Å². The lowest BCUT2D eigenvalue weighted by Gasteiger charge is -2.17. The molecule has 2 aromatic carbocycles. The van der Waals surface area contributed by atoms with E-state index in [1.807, 2.05) is 43.3 Å². The van der Waals surface area contributed by atoms with Crippen LogP contribution in [-0.4, -0.2) is 18.9 Å². The Morgan fingerprint density at radius 1 is 1.08 bits per heavy atom. The molecule has 0 spiro atoms. The highest BCUT2D eigenvalue weighted by Crippen LogP contribution is 2.20. The first-order valence-corrected chi connectivity index (χ1v) is 8.23. The SMILES string of the molecule is Cc1ccc(Cl)cc1NC(=O)CCCC(=O)N(C)c1ccccc1. The number of carbonyl (C=O) groups excluding carboxylic acids is 2. The van der Waals surface area contributed by atoms with E-state index in [1.54, 1.807) is 24.1 Å². The number of benzene rings is 2. The van der Waals surface area contributed by atoms with Gasteiger partial charge in [0, 0.05) is 36.3 Å². The van der Waals surface area contributed by atoms with Crippen molar-refractivity contribution in [2.45, 2.75) is 26.2 Å². The summed E-state index contributed by atoms with van der Waals surface area (Å²) in [5, 5.41) is 3.42. The third kappa shape index (κ3) is 5.10. The summed E-state index contributed by atoms with van der Waals surface area (Å²) in [5.74, 6) is -0.122. The zero-order valence-corrected chi connectivity index (χ0v) is 14.6. The smallest absolute Gasteiger partial charge is 0.226 e. The maximum Gasteiger partial charge on any atom is 0.226 e. The second kappa shape index (κ2) is 8.50. The Hall–Kier alpha value is -2.33. The summed E-state index contributed by atoms with van der Waals surface area (Å²) in [4.78, 5) is 25.8. The molecule has 126 valence electrons. The van der Waals surface area contributed by atoms with Crippen LogP contribution in [0.1, 0.15) is 24.8 Å². The number of halogens is 1. The molecule has 0 atom stereocenters. The minimum atomic E-state index is -0.115. The lowest BCUT2D eigenvalue weighted by Crippen LogP contribution is -2.26. The monoisotopic (exact) mass is 344 g/mol. The normalized spacial score (nSPS) is 10.3. The molecule has 0 aliphatic heterocycles. The number of nitrogens with one attached hydrogen (secondary N) is 1. The Labute approximate surface area is 147 Å². The van der Waals surface area contributed by atoms with Crippen molar-refractivity contribution >= 4 is 34.8 Å². The van der Waals surface area contributed by atoms with Crippen LogP contribution in [0.2, 0.25) is 5.02 Å². The van der Waals surface area contributed by atoms with Crippen LogP contribution in [0, 0.1) is 6.92 Å². The van der Waals surface area contributed by atoms with E-state index in [0.717, 1.165) is 11.3 Å². The number of amides is 2. The molecule has 0 aromatic heterocycles. The van der Waals surface area contributed by atoms with E-state index in [1.165, 1.54) is 0 Å². The Balaban J connectivity index is 1.80. The van der Waals surface area contributed by atoms with Crippen LogP contribution in [0.15, 0.2) is 48.5 Å². The topological polar surface area (TPSA) is 49.4 Å². The summed E-state index contributed by atoms with van der Waals surface area (Å²) in [7, 11) is 1.74.